The maximum absolute atomic E-state index is 5.30. The molecule has 0 radical (unpaired) electrons. The van der Waals surface area contributed by atoms with Crippen LogP contribution >= 0.6 is 0 Å². The van der Waals surface area contributed by atoms with E-state index in [4.69, 9.17) is 9.97 Å². The first kappa shape index (κ1) is 20.2. The number of nitrogens with zero attached hydrogens (tertiary/aromatic N) is 3. The van der Waals surface area contributed by atoms with Crippen molar-refractivity contribution in [1.29, 1.82) is 0 Å². The van der Waals surface area contributed by atoms with Crippen molar-refractivity contribution in [1.82, 2.24) is 9.97 Å². The molecule has 0 fully saturated rings. The fourth-order valence-corrected chi connectivity index (χ4v) is 5.72. The Hall–Kier alpha value is -5.02. The zero-order valence-electron chi connectivity index (χ0n) is 20.0. The third-order valence-electron chi connectivity index (χ3n) is 7.35. The number of rotatable bonds is 2. The van der Waals surface area contributed by atoms with Crippen LogP contribution in [-0.4, -0.2) is 9.97 Å². The SMILES string of the molecule is c1ccc(-c2nc3ccccc3nc2N2c3c(ccc4ccccc34)-c3cccc4cccc2c34)cc1. The molecule has 0 unspecified atom stereocenters. The number of hydrogen-bond acceptors (Lipinski definition) is 3. The van der Waals surface area contributed by atoms with Crippen molar-refractivity contribution in [3.8, 4) is 22.4 Å². The van der Waals surface area contributed by atoms with Crippen LogP contribution in [0.25, 0.3) is 55.0 Å². The van der Waals surface area contributed by atoms with Gasteiger partial charge in [0, 0.05) is 21.9 Å². The van der Waals surface area contributed by atoms with Gasteiger partial charge in [-0.1, -0.05) is 109 Å². The normalized spacial score (nSPS) is 12.3. The number of para-hydroxylation sites is 2. The number of benzene rings is 6. The summed E-state index contributed by atoms with van der Waals surface area (Å²) in [5.74, 6) is 0.838. The Bertz CT molecular complexity index is 1990. The van der Waals surface area contributed by atoms with E-state index in [9.17, 15) is 0 Å². The summed E-state index contributed by atoms with van der Waals surface area (Å²) in [6.07, 6.45) is 0. The van der Waals surface area contributed by atoms with Gasteiger partial charge in [-0.3, -0.25) is 4.90 Å². The average Bonchev–Trinajstić information content (AvgIpc) is 2.97. The summed E-state index contributed by atoms with van der Waals surface area (Å²) in [6, 6.07) is 44.7. The van der Waals surface area contributed by atoms with Crippen molar-refractivity contribution in [3.63, 3.8) is 0 Å². The Kier molecular flexibility index (Phi) is 4.23. The van der Waals surface area contributed by atoms with Gasteiger partial charge in [0.05, 0.1) is 22.4 Å². The van der Waals surface area contributed by atoms with Gasteiger partial charge in [-0.15, -0.1) is 0 Å². The molecular formula is C34H21N3. The van der Waals surface area contributed by atoms with Crippen LogP contribution in [0.3, 0.4) is 0 Å². The minimum atomic E-state index is 0.838. The molecule has 0 saturated carbocycles. The molecule has 0 bridgehead atoms. The van der Waals surface area contributed by atoms with Crippen molar-refractivity contribution in [2.75, 3.05) is 4.90 Å². The maximum atomic E-state index is 5.30. The molecule has 3 nitrogen and oxygen atoms in total. The first-order valence-corrected chi connectivity index (χ1v) is 12.5. The summed E-state index contributed by atoms with van der Waals surface area (Å²) in [4.78, 5) is 12.8. The third-order valence-corrected chi connectivity index (χ3v) is 7.35. The van der Waals surface area contributed by atoms with Crippen LogP contribution in [0.1, 0.15) is 0 Å². The summed E-state index contributed by atoms with van der Waals surface area (Å²) in [5, 5.41) is 4.85. The van der Waals surface area contributed by atoms with Crippen LogP contribution in [0, 0.1) is 0 Å². The van der Waals surface area contributed by atoms with Gasteiger partial charge in [0.1, 0.15) is 5.69 Å². The zero-order valence-corrected chi connectivity index (χ0v) is 20.0. The van der Waals surface area contributed by atoms with Crippen LogP contribution in [-0.2, 0) is 0 Å². The van der Waals surface area contributed by atoms with Crippen molar-refractivity contribution in [2.24, 2.45) is 0 Å². The van der Waals surface area contributed by atoms with E-state index in [0.717, 1.165) is 39.5 Å². The molecule has 8 rings (SSSR count). The lowest BCUT2D eigenvalue weighted by Gasteiger charge is -2.34. The second kappa shape index (κ2) is 7.74. The maximum Gasteiger partial charge on any atom is 0.165 e. The highest BCUT2D eigenvalue weighted by atomic mass is 15.2. The molecule has 0 amide bonds. The lowest BCUT2D eigenvalue weighted by molar-refractivity contribution is 1.18. The molecule has 0 aliphatic carbocycles. The summed E-state index contributed by atoms with van der Waals surface area (Å²) >= 11 is 0. The second-order valence-corrected chi connectivity index (χ2v) is 9.45. The Morgan fingerprint density at radius 2 is 1.19 bits per heavy atom. The highest BCUT2D eigenvalue weighted by Gasteiger charge is 2.30. The van der Waals surface area contributed by atoms with Crippen molar-refractivity contribution in [3.05, 3.63) is 127 Å². The van der Waals surface area contributed by atoms with Gasteiger partial charge in [0.2, 0.25) is 0 Å². The van der Waals surface area contributed by atoms with Crippen LogP contribution in [0.15, 0.2) is 127 Å². The predicted molar refractivity (Wildman–Crippen MR) is 154 cm³/mol. The summed E-state index contributed by atoms with van der Waals surface area (Å²) < 4.78 is 0. The molecule has 2 heterocycles. The molecule has 0 saturated heterocycles. The Labute approximate surface area is 214 Å². The Balaban J connectivity index is 1.57. The van der Waals surface area contributed by atoms with Crippen molar-refractivity contribution >= 4 is 49.8 Å². The van der Waals surface area contributed by atoms with E-state index in [-0.39, 0.29) is 0 Å². The molecule has 37 heavy (non-hydrogen) atoms. The smallest absolute Gasteiger partial charge is 0.165 e. The number of fused-ring (bicyclic) bond motifs is 5. The molecule has 6 aromatic carbocycles. The van der Waals surface area contributed by atoms with Crippen LogP contribution in [0.2, 0.25) is 0 Å². The van der Waals surface area contributed by atoms with E-state index >= 15 is 0 Å². The number of hydrogen-bond donors (Lipinski definition) is 0. The first-order valence-electron chi connectivity index (χ1n) is 12.5. The molecule has 3 heteroatoms. The number of anilines is 3. The fraction of sp³-hybridized carbons (Fsp3) is 0. The topological polar surface area (TPSA) is 29.0 Å². The molecule has 0 N–H and O–H groups in total. The predicted octanol–water partition coefficient (Wildman–Crippen LogP) is 9.05. The fourth-order valence-electron chi connectivity index (χ4n) is 5.72. The van der Waals surface area contributed by atoms with Crippen molar-refractivity contribution in [2.45, 2.75) is 0 Å². The molecule has 1 aromatic heterocycles. The van der Waals surface area contributed by atoms with Gasteiger partial charge >= 0.3 is 0 Å². The monoisotopic (exact) mass is 471 g/mol. The van der Waals surface area contributed by atoms with E-state index in [1.807, 2.05) is 30.3 Å². The van der Waals surface area contributed by atoms with E-state index in [0.29, 0.717) is 0 Å². The first-order chi connectivity index (χ1) is 18.4. The highest BCUT2D eigenvalue weighted by Crippen LogP contribution is 2.54. The third kappa shape index (κ3) is 2.95. The minimum absolute atomic E-state index is 0.838. The highest BCUT2D eigenvalue weighted by molar-refractivity contribution is 6.19. The standard InChI is InChI=1S/C34H21N3/c1-2-11-24(12-3-1)32-34(36-29-18-7-6-17-28(29)35-32)37-30-19-9-14-23-13-8-16-26(31(23)30)27-21-20-22-10-4-5-15-25(22)33(27)37/h1-21H. The minimum Gasteiger partial charge on any atom is -0.291 e. The summed E-state index contributed by atoms with van der Waals surface area (Å²) in [6.45, 7) is 0. The van der Waals surface area contributed by atoms with E-state index in [1.165, 1.54) is 32.7 Å². The van der Waals surface area contributed by atoms with Gasteiger partial charge in [-0.2, -0.15) is 0 Å². The average molecular weight is 472 g/mol. The van der Waals surface area contributed by atoms with Gasteiger partial charge in [-0.25, -0.2) is 9.97 Å². The van der Waals surface area contributed by atoms with Gasteiger partial charge in [0.25, 0.3) is 0 Å². The summed E-state index contributed by atoms with van der Waals surface area (Å²) in [7, 11) is 0. The molecule has 172 valence electrons. The Morgan fingerprint density at radius 1 is 0.486 bits per heavy atom. The molecule has 0 atom stereocenters. The molecule has 7 aromatic rings. The lowest BCUT2D eigenvalue weighted by atomic mass is 9.88. The molecule has 0 spiro atoms. The summed E-state index contributed by atoms with van der Waals surface area (Å²) in [5.41, 5.74) is 8.41. The number of aromatic nitrogens is 2. The second-order valence-electron chi connectivity index (χ2n) is 9.45. The van der Waals surface area contributed by atoms with Gasteiger partial charge in [-0.05, 0) is 34.5 Å². The zero-order chi connectivity index (χ0) is 24.3. The Morgan fingerprint density at radius 3 is 2.05 bits per heavy atom. The van der Waals surface area contributed by atoms with Crippen LogP contribution in [0.4, 0.5) is 17.2 Å². The van der Waals surface area contributed by atoms with Gasteiger partial charge in [0.15, 0.2) is 5.82 Å². The van der Waals surface area contributed by atoms with E-state index in [2.05, 4.69) is 102 Å². The molecular weight excluding hydrogens is 450 g/mol. The van der Waals surface area contributed by atoms with E-state index < -0.39 is 0 Å². The lowest BCUT2D eigenvalue weighted by Crippen LogP contribution is -2.18. The van der Waals surface area contributed by atoms with Crippen LogP contribution < -0.4 is 4.90 Å². The van der Waals surface area contributed by atoms with Gasteiger partial charge < -0.3 is 0 Å². The van der Waals surface area contributed by atoms with E-state index in [1.54, 1.807) is 0 Å². The van der Waals surface area contributed by atoms with Crippen molar-refractivity contribution < 1.29 is 0 Å². The van der Waals surface area contributed by atoms with Crippen LogP contribution in [0.5, 0.6) is 0 Å². The molecule has 1 aliphatic rings. The molecule has 1 aliphatic heterocycles. The quantitative estimate of drug-likeness (QED) is 0.252. The largest absolute Gasteiger partial charge is 0.291 e.